The standard InChI is InChI=1S/C30H30N2O4S2/c33-37(34,23-11-3-1-4-12-23)31-21-19-29-25-15-7-9-17-27(25)30(28-18-10-8-16-26(28)29)20-22-32-38(35,36)24-13-5-2-6-14-24/h1-18,29-32H,19-22H2. The fraction of sp³-hybridized carbons (Fsp3) is 0.200. The number of rotatable bonds is 10. The number of benzene rings is 4. The van der Waals surface area contributed by atoms with Gasteiger partial charge in [0.15, 0.2) is 0 Å². The fourth-order valence-electron chi connectivity index (χ4n) is 5.29. The van der Waals surface area contributed by atoms with Gasteiger partial charge >= 0.3 is 0 Å². The molecule has 8 heteroatoms. The fourth-order valence-corrected chi connectivity index (χ4v) is 7.43. The first-order valence-corrected chi connectivity index (χ1v) is 15.6. The van der Waals surface area contributed by atoms with E-state index in [0.717, 1.165) is 22.3 Å². The zero-order valence-electron chi connectivity index (χ0n) is 20.8. The van der Waals surface area contributed by atoms with Crippen molar-refractivity contribution in [3.05, 3.63) is 131 Å². The second kappa shape index (κ2) is 11.2. The van der Waals surface area contributed by atoms with E-state index in [-0.39, 0.29) is 21.6 Å². The van der Waals surface area contributed by atoms with Crippen molar-refractivity contribution < 1.29 is 16.8 Å². The Morgan fingerprint density at radius 1 is 0.447 bits per heavy atom. The third-order valence-corrected chi connectivity index (χ3v) is 10.0. The van der Waals surface area contributed by atoms with Crippen molar-refractivity contribution in [2.75, 3.05) is 13.1 Å². The van der Waals surface area contributed by atoms with Crippen LogP contribution >= 0.6 is 0 Å². The molecule has 1 aliphatic rings. The van der Waals surface area contributed by atoms with Gasteiger partial charge in [0.1, 0.15) is 0 Å². The van der Waals surface area contributed by atoms with E-state index >= 15 is 0 Å². The summed E-state index contributed by atoms with van der Waals surface area (Å²) >= 11 is 0. The van der Waals surface area contributed by atoms with Crippen molar-refractivity contribution >= 4 is 20.0 Å². The number of sulfonamides is 2. The third kappa shape index (κ3) is 5.59. The van der Waals surface area contributed by atoms with Crippen molar-refractivity contribution in [1.82, 2.24) is 9.44 Å². The number of nitrogens with one attached hydrogen (secondary N) is 2. The second-order valence-corrected chi connectivity index (χ2v) is 12.9. The van der Waals surface area contributed by atoms with E-state index in [4.69, 9.17) is 0 Å². The van der Waals surface area contributed by atoms with Gasteiger partial charge in [-0.25, -0.2) is 26.3 Å². The Morgan fingerprint density at radius 2 is 0.737 bits per heavy atom. The molecule has 0 saturated heterocycles. The molecule has 5 rings (SSSR count). The van der Waals surface area contributed by atoms with Gasteiger partial charge in [-0.2, -0.15) is 0 Å². The summed E-state index contributed by atoms with van der Waals surface area (Å²) in [5.74, 6) is 0.0521. The normalized spacial score (nSPS) is 16.9. The van der Waals surface area contributed by atoms with Gasteiger partial charge < -0.3 is 0 Å². The molecular weight excluding hydrogens is 516 g/mol. The van der Waals surface area contributed by atoms with Crippen molar-refractivity contribution in [1.29, 1.82) is 0 Å². The van der Waals surface area contributed by atoms with Gasteiger partial charge in [-0.3, -0.25) is 0 Å². The molecule has 0 aliphatic heterocycles. The molecule has 0 aromatic heterocycles. The Bertz CT molecular complexity index is 1440. The summed E-state index contributed by atoms with van der Waals surface area (Å²) in [7, 11) is -7.18. The van der Waals surface area contributed by atoms with Crippen LogP contribution in [-0.2, 0) is 20.0 Å². The number of hydrogen-bond acceptors (Lipinski definition) is 4. The van der Waals surface area contributed by atoms with Gasteiger partial charge in [0.25, 0.3) is 0 Å². The lowest BCUT2D eigenvalue weighted by Gasteiger charge is -2.34. The van der Waals surface area contributed by atoms with Crippen LogP contribution in [0.4, 0.5) is 0 Å². The van der Waals surface area contributed by atoms with E-state index in [2.05, 4.69) is 33.7 Å². The smallest absolute Gasteiger partial charge is 0.211 e. The molecule has 0 heterocycles. The van der Waals surface area contributed by atoms with E-state index in [1.165, 1.54) is 0 Å². The van der Waals surface area contributed by atoms with E-state index < -0.39 is 20.0 Å². The molecule has 0 unspecified atom stereocenters. The monoisotopic (exact) mass is 546 g/mol. The van der Waals surface area contributed by atoms with Crippen LogP contribution < -0.4 is 9.44 Å². The van der Waals surface area contributed by atoms with E-state index in [1.807, 2.05) is 24.3 Å². The highest BCUT2D eigenvalue weighted by molar-refractivity contribution is 7.89. The molecule has 6 nitrogen and oxygen atoms in total. The SMILES string of the molecule is O=S(=O)(NCCC1c2ccccc2C(CCNS(=O)(=O)c2ccccc2)c2ccccc21)c1ccccc1. The first-order chi connectivity index (χ1) is 18.4. The van der Waals surface area contributed by atoms with Crippen LogP contribution in [0.25, 0.3) is 0 Å². The topological polar surface area (TPSA) is 92.3 Å². The maximum Gasteiger partial charge on any atom is 0.240 e. The van der Waals surface area contributed by atoms with Crippen molar-refractivity contribution in [2.45, 2.75) is 34.5 Å². The molecule has 2 N–H and O–H groups in total. The van der Waals surface area contributed by atoms with Gasteiger partial charge in [-0.1, -0.05) is 84.9 Å². The first kappa shape index (κ1) is 26.3. The summed E-state index contributed by atoms with van der Waals surface area (Å²) in [5.41, 5.74) is 4.61. The van der Waals surface area contributed by atoms with Crippen LogP contribution in [0.3, 0.4) is 0 Å². The highest BCUT2D eigenvalue weighted by atomic mass is 32.2. The Balaban J connectivity index is 1.35. The maximum absolute atomic E-state index is 12.8. The highest BCUT2D eigenvalue weighted by Gasteiger charge is 2.32. The van der Waals surface area contributed by atoms with Crippen LogP contribution in [0.15, 0.2) is 119 Å². The molecule has 0 fully saturated rings. The van der Waals surface area contributed by atoms with Gasteiger partial charge in [0.2, 0.25) is 20.0 Å². The van der Waals surface area contributed by atoms with Crippen molar-refractivity contribution in [3.63, 3.8) is 0 Å². The molecule has 0 atom stereocenters. The highest BCUT2D eigenvalue weighted by Crippen LogP contribution is 2.45. The lowest BCUT2D eigenvalue weighted by Crippen LogP contribution is -2.29. The molecule has 1 aliphatic carbocycles. The molecule has 0 spiro atoms. The van der Waals surface area contributed by atoms with Crippen LogP contribution in [0.2, 0.25) is 0 Å². The molecule has 4 aromatic carbocycles. The molecule has 0 amide bonds. The quantitative estimate of drug-likeness (QED) is 0.293. The predicted molar refractivity (Wildman–Crippen MR) is 149 cm³/mol. The van der Waals surface area contributed by atoms with Crippen LogP contribution in [0, 0.1) is 0 Å². The molecule has 4 aromatic rings. The molecule has 0 bridgehead atoms. The summed E-state index contributed by atoms with van der Waals surface area (Å²) < 4.78 is 56.5. The molecule has 38 heavy (non-hydrogen) atoms. The first-order valence-electron chi connectivity index (χ1n) is 12.6. The Hall–Kier alpha value is -3.30. The predicted octanol–water partition coefficient (Wildman–Crippen LogP) is 5.00. The lowest BCUT2D eigenvalue weighted by atomic mass is 9.70. The average Bonchev–Trinajstić information content (AvgIpc) is 2.95. The zero-order valence-corrected chi connectivity index (χ0v) is 22.5. The van der Waals surface area contributed by atoms with E-state index in [0.29, 0.717) is 25.9 Å². The van der Waals surface area contributed by atoms with Gasteiger partial charge in [-0.05, 0) is 59.4 Å². The molecule has 196 valence electrons. The Kier molecular flexibility index (Phi) is 7.76. The van der Waals surface area contributed by atoms with E-state index in [9.17, 15) is 16.8 Å². The molecular formula is C30H30N2O4S2. The van der Waals surface area contributed by atoms with E-state index in [1.54, 1.807) is 60.7 Å². The number of hydrogen-bond donors (Lipinski definition) is 2. The average molecular weight is 547 g/mol. The summed E-state index contributed by atoms with van der Waals surface area (Å²) in [6.45, 7) is 0.595. The third-order valence-electron chi connectivity index (χ3n) is 7.05. The zero-order chi connectivity index (χ0) is 26.6. The van der Waals surface area contributed by atoms with Gasteiger partial charge in [0, 0.05) is 24.9 Å². The Morgan fingerprint density at radius 3 is 1.05 bits per heavy atom. The largest absolute Gasteiger partial charge is 0.240 e. The Labute approximate surface area is 224 Å². The van der Waals surface area contributed by atoms with Crippen molar-refractivity contribution in [3.8, 4) is 0 Å². The summed E-state index contributed by atoms with van der Waals surface area (Å²) in [4.78, 5) is 0.505. The maximum atomic E-state index is 12.8. The molecule has 0 saturated carbocycles. The lowest BCUT2D eigenvalue weighted by molar-refractivity contribution is 0.563. The second-order valence-electron chi connectivity index (χ2n) is 9.36. The van der Waals surface area contributed by atoms with Gasteiger partial charge in [-0.15, -0.1) is 0 Å². The van der Waals surface area contributed by atoms with Crippen LogP contribution in [0.5, 0.6) is 0 Å². The van der Waals surface area contributed by atoms with Crippen LogP contribution in [0.1, 0.15) is 46.9 Å². The minimum atomic E-state index is -3.59. The minimum Gasteiger partial charge on any atom is -0.211 e. The summed E-state index contributed by atoms with van der Waals surface area (Å²) in [6.07, 6.45) is 1.21. The van der Waals surface area contributed by atoms with Crippen molar-refractivity contribution in [2.24, 2.45) is 0 Å². The molecule has 0 radical (unpaired) electrons. The number of fused-ring (bicyclic) bond motifs is 2. The van der Waals surface area contributed by atoms with Gasteiger partial charge in [0.05, 0.1) is 9.79 Å². The summed E-state index contributed by atoms with van der Waals surface area (Å²) in [6, 6.07) is 33.2. The van der Waals surface area contributed by atoms with Crippen LogP contribution in [-0.4, -0.2) is 29.9 Å². The summed E-state index contributed by atoms with van der Waals surface area (Å²) in [5, 5.41) is 0. The minimum absolute atomic E-state index is 0.0260.